The summed E-state index contributed by atoms with van der Waals surface area (Å²) in [5.41, 5.74) is 3.72. The lowest BCUT2D eigenvalue weighted by Crippen LogP contribution is -2.45. The third kappa shape index (κ3) is 3.74. The monoisotopic (exact) mass is 363 g/mol. The first-order valence-corrected chi connectivity index (χ1v) is 9.51. The van der Waals surface area contributed by atoms with Crippen LogP contribution in [0.25, 0.3) is 11.0 Å². The van der Waals surface area contributed by atoms with E-state index in [0.717, 1.165) is 60.3 Å². The molecule has 0 bridgehead atoms. The van der Waals surface area contributed by atoms with Gasteiger partial charge in [-0.05, 0) is 51.1 Å². The number of amides is 1. The first-order valence-electron chi connectivity index (χ1n) is 9.51. The topological polar surface area (TPSA) is 49.6 Å². The molecule has 0 atom stereocenters. The SMILES string of the molecule is Cc1cccc(C(=O)N2CCC(N(C)Cc3noc4ccccc34)CC2)c1. The van der Waals surface area contributed by atoms with Gasteiger partial charge in [0.2, 0.25) is 0 Å². The number of likely N-dealkylation sites (tertiary alicyclic amines) is 1. The van der Waals surface area contributed by atoms with Crippen LogP contribution in [0.5, 0.6) is 0 Å². The Morgan fingerprint density at radius 2 is 1.96 bits per heavy atom. The number of benzene rings is 2. The van der Waals surface area contributed by atoms with Crippen molar-refractivity contribution < 1.29 is 9.32 Å². The van der Waals surface area contributed by atoms with Crippen molar-refractivity contribution in [1.82, 2.24) is 15.0 Å². The van der Waals surface area contributed by atoms with Gasteiger partial charge in [0.25, 0.3) is 5.91 Å². The zero-order chi connectivity index (χ0) is 18.8. The highest BCUT2D eigenvalue weighted by Crippen LogP contribution is 2.23. The first kappa shape index (κ1) is 17.7. The van der Waals surface area contributed by atoms with Crippen molar-refractivity contribution in [2.24, 2.45) is 0 Å². The fourth-order valence-electron chi connectivity index (χ4n) is 3.89. The minimum Gasteiger partial charge on any atom is -0.356 e. The second-order valence-electron chi connectivity index (χ2n) is 7.43. The summed E-state index contributed by atoms with van der Waals surface area (Å²) in [6.45, 7) is 4.36. The Labute approximate surface area is 159 Å². The number of para-hydroxylation sites is 1. The second-order valence-corrected chi connectivity index (χ2v) is 7.43. The zero-order valence-corrected chi connectivity index (χ0v) is 15.9. The van der Waals surface area contributed by atoms with Crippen LogP contribution in [0.3, 0.4) is 0 Å². The van der Waals surface area contributed by atoms with E-state index in [-0.39, 0.29) is 5.91 Å². The van der Waals surface area contributed by atoms with Crippen LogP contribution in [0.1, 0.15) is 34.5 Å². The van der Waals surface area contributed by atoms with Gasteiger partial charge in [-0.25, -0.2) is 0 Å². The van der Waals surface area contributed by atoms with Gasteiger partial charge in [-0.2, -0.15) is 0 Å². The van der Waals surface area contributed by atoms with Gasteiger partial charge in [-0.1, -0.05) is 35.0 Å². The molecular weight excluding hydrogens is 338 g/mol. The summed E-state index contributed by atoms with van der Waals surface area (Å²) in [6.07, 6.45) is 1.95. The lowest BCUT2D eigenvalue weighted by atomic mass is 10.0. The van der Waals surface area contributed by atoms with E-state index in [0.29, 0.717) is 6.04 Å². The molecule has 0 saturated carbocycles. The van der Waals surface area contributed by atoms with Crippen LogP contribution in [0.4, 0.5) is 0 Å². The average Bonchev–Trinajstić information content (AvgIpc) is 3.10. The lowest BCUT2D eigenvalue weighted by Gasteiger charge is -2.36. The molecule has 0 spiro atoms. The van der Waals surface area contributed by atoms with Crippen LogP contribution in [-0.2, 0) is 6.54 Å². The number of aromatic nitrogens is 1. The van der Waals surface area contributed by atoms with Crippen LogP contribution in [0.15, 0.2) is 53.1 Å². The molecule has 1 fully saturated rings. The number of carbonyl (C=O) groups excluding carboxylic acids is 1. The Kier molecular flexibility index (Phi) is 4.94. The molecule has 1 aromatic heterocycles. The summed E-state index contributed by atoms with van der Waals surface area (Å²) in [4.78, 5) is 17.0. The molecule has 0 unspecified atom stereocenters. The van der Waals surface area contributed by atoms with Crippen LogP contribution < -0.4 is 0 Å². The van der Waals surface area contributed by atoms with E-state index in [9.17, 15) is 4.79 Å². The van der Waals surface area contributed by atoms with Gasteiger partial charge in [0.1, 0.15) is 5.69 Å². The lowest BCUT2D eigenvalue weighted by molar-refractivity contribution is 0.0638. The van der Waals surface area contributed by atoms with E-state index in [2.05, 4.69) is 23.2 Å². The van der Waals surface area contributed by atoms with Crippen molar-refractivity contribution >= 4 is 16.9 Å². The van der Waals surface area contributed by atoms with E-state index in [1.165, 1.54) is 0 Å². The van der Waals surface area contributed by atoms with E-state index >= 15 is 0 Å². The molecule has 4 rings (SSSR count). The van der Waals surface area contributed by atoms with Crippen molar-refractivity contribution in [2.75, 3.05) is 20.1 Å². The van der Waals surface area contributed by atoms with Gasteiger partial charge >= 0.3 is 0 Å². The van der Waals surface area contributed by atoms with Crippen molar-refractivity contribution in [3.8, 4) is 0 Å². The van der Waals surface area contributed by atoms with Crippen molar-refractivity contribution in [3.63, 3.8) is 0 Å². The Balaban J connectivity index is 1.36. The number of rotatable bonds is 4. The number of fused-ring (bicyclic) bond motifs is 1. The Bertz CT molecular complexity index is 941. The molecule has 0 N–H and O–H groups in total. The average molecular weight is 363 g/mol. The van der Waals surface area contributed by atoms with Gasteiger partial charge in [0.05, 0.1) is 0 Å². The molecule has 2 heterocycles. The molecule has 140 valence electrons. The smallest absolute Gasteiger partial charge is 0.253 e. The summed E-state index contributed by atoms with van der Waals surface area (Å²) in [5.74, 6) is 0.141. The standard InChI is InChI=1S/C22H25N3O2/c1-16-6-5-7-17(14-16)22(26)25-12-10-18(11-13-25)24(2)15-20-19-8-3-4-9-21(19)27-23-20/h3-9,14,18H,10-13,15H2,1-2H3. The number of nitrogens with zero attached hydrogens (tertiary/aromatic N) is 3. The molecule has 1 aliphatic rings. The van der Waals surface area contributed by atoms with Crippen molar-refractivity contribution in [1.29, 1.82) is 0 Å². The maximum atomic E-state index is 12.7. The highest BCUT2D eigenvalue weighted by atomic mass is 16.5. The fourth-order valence-corrected chi connectivity index (χ4v) is 3.89. The predicted molar refractivity (Wildman–Crippen MR) is 106 cm³/mol. The van der Waals surface area contributed by atoms with Crippen LogP contribution in [0, 0.1) is 6.92 Å². The van der Waals surface area contributed by atoms with E-state index < -0.39 is 0 Å². The molecule has 5 heteroatoms. The van der Waals surface area contributed by atoms with Gasteiger partial charge in [0, 0.05) is 36.6 Å². The Morgan fingerprint density at radius 3 is 2.74 bits per heavy atom. The van der Waals surface area contributed by atoms with Gasteiger partial charge < -0.3 is 9.42 Å². The number of carbonyl (C=O) groups is 1. The summed E-state index contributed by atoms with van der Waals surface area (Å²) in [7, 11) is 2.13. The molecule has 1 aliphatic heterocycles. The maximum Gasteiger partial charge on any atom is 0.253 e. The number of aryl methyl sites for hydroxylation is 1. The number of hydrogen-bond donors (Lipinski definition) is 0. The molecule has 0 aliphatic carbocycles. The molecular formula is C22H25N3O2. The quantitative estimate of drug-likeness (QED) is 0.706. The van der Waals surface area contributed by atoms with Gasteiger partial charge in [-0.15, -0.1) is 0 Å². The molecule has 27 heavy (non-hydrogen) atoms. The van der Waals surface area contributed by atoms with E-state index in [1.54, 1.807) is 0 Å². The Hall–Kier alpha value is -2.66. The van der Waals surface area contributed by atoms with Crippen LogP contribution >= 0.6 is 0 Å². The summed E-state index contributed by atoms with van der Waals surface area (Å²) in [5, 5.41) is 5.32. The summed E-state index contributed by atoms with van der Waals surface area (Å²) in [6, 6.07) is 16.3. The molecule has 1 saturated heterocycles. The summed E-state index contributed by atoms with van der Waals surface area (Å²) >= 11 is 0. The molecule has 0 radical (unpaired) electrons. The number of piperidine rings is 1. The van der Waals surface area contributed by atoms with Crippen molar-refractivity contribution in [3.05, 3.63) is 65.4 Å². The van der Waals surface area contributed by atoms with Crippen LogP contribution in [0.2, 0.25) is 0 Å². The third-order valence-electron chi connectivity index (χ3n) is 5.49. The van der Waals surface area contributed by atoms with Crippen molar-refractivity contribution in [2.45, 2.75) is 32.4 Å². The maximum absolute atomic E-state index is 12.7. The van der Waals surface area contributed by atoms with Gasteiger partial charge in [0.15, 0.2) is 5.58 Å². The first-order chi connectivity index (χ1) is 13.1. The largest absolute Gasteiger partial charge is 0.356 e. The number of hydrogen-bond acceptors (Lipinski definition) is 4. The van der Waals surface area contributed by atoms with Crippen LogP contribution in [-0.4, -0.2) is 47.0 Å². The normalized spacial score (nSPS) is 15.6. The minimum absolute atomic E-state index is 0.141. The second kappa shape index (κ2) is 7.53. The Morgan fingerprint density at radius 1 is 1.19 bits per heavy atom. The highest BCUT2D eigenvalue weighted by molar-refractivity contribution is 5.94. The fraction of sp³-hybridized carbons (Fsp3) is 0.364. The molecule has 5 nitrogen and oxygen atoms in total. The van der Waals surface area contributed by atoms with Gasteiger partial charge in [-0.3, -0.25) is 9.69 Å². The van der Waals surface area contributed by atoms with E-state index in [1.807, 2.05) is 54.3 Å². The summed E-state index contributed by atoms with van der Waals surface area (Å²) < 4.78 is 5.41. The molecule has 3 aromatic rings. The minimum atomic E-state index is 0.141. The highest BCUT2D eigenvalue weighted by Gasteiger charge is 2.26. The molecule has 1 amide bonds. The predicted octanol–water partition coefficient (Wildman–Crippen LogP) is 3.87. The third-order valence-corrected chi connectivity index (χ3v) is 5.49. The zero-order valence-electron chi connectivity index (χ0n) is 15.9. The van der Waals surface area contributed by atoms with E-state index in [4.69, 9.17) is 4.52 Å². The molecule has 2 aromatic carbocycles.